The van der Waals surface area contributed by atoms with Crippen LogP contribution in [0.5, 0.6) is 0 Å². The highest BCUT2D eigenvalue weighted by molar-refractivity contribution is 6.38. The van der Waals surface area contributed by atoms with Gasteiger partial charge in [-0.1, -0.05) is 12.1 Å². The fraction of sp³-hybridized carbons (Fsp3) is 0.567. The monoisotopic (exact) mass is 532 g/mol. The fourth-order valence-corrected chi connectivity index (χ4v) is 6.38. The predicted molar refractivity (Wildman–Crippen MR) is 144 cm³/mol. The van der Waals surface area contributed by atoms with Gasteiger partial charge in [-0.3, -0.25) is 24.0 Å². The first kappa shape index (κ1) is 25.8. The Morgan fingerprint density at radius 1 is 1.13 bits per heavy atom. The highest BCUT2D eigenvalue weighted by Gasteiger charge is 2.51. The molecule has 2 heterocycles. The Bertz CT molecular complexity index is 1350. The molecule has 1 aromatic carbocycles. The molecule has 1 saturated heterocycles. The number of aromatic nitrogens is 1. The minimum Gasteiger partial charge on any atom is -0.351 e. The van der Waals surface area contributed by atoms with E-state index >= 15 is 0 Å². The number of carbonyl (C=O) groups excluding carboxylic acids is 5. The number of aryl methyl sites for hydroxylation is 1. The second-order valence-corrected chi connectivity index (χ2v) is 12.2. The van der Waals surface area contributed by atoms with Crippen LogP contribution in [0.2, 0.25) is 0 Å². The lowest BCUT2D eigenvalue weighted by atomic mass is 9.86. The number of Topliss-reactive ketones (excluding diaryl/α,β-unsaturated/α-hetero) is 2. The van der Waals surface area contributed by atoms with Crippen LogP contribution in [0.15, 0.2) is 24.3 Å². The van der Waals surface area contributed by atoms with E-state index in [0.29, 0.717) is 31.5 Å². The Balaban J connectivity index is 1.24. The van der Waals surface area contributed by atoms with Gasteiger partial charge in [0.15, 0.2) is 0 Å². The Labute approximate surface area is 227 Å². The quantitative estimate of drug-likeness (QED) is 0.451. The van der Waals surface area contributed by atoms with E-state index in [0.717, 1.165) is 55.0 Å². The van der Waals surface area contributed by atoms with Gasteiger partial charge in [0.05, 0.1) is 6.04 Å². The molecule has 0 radical (unpaired) electrons. The third-order valence-corrected chi connectivity index (χ3v) is 9.24. The van der Waals surface area contributed by atoms with Gasteiger partial charge < -0.3 is 20.5 Å². The van der Waals surface area contributed by atoms with E-state index in [-0.39, 0.29) is 35.5 Å². The molecule has 39 heavy (non-hydrogen) atoms. The van der Waals surface area contributed by atoms with E-state index in [2.05, 4.69) is 15.6 Å². The maximum Gasteiger partial charge on any atom is 0.289 e. The van der Waals surface area contributed by atoms with Crippen molar-refractivity contribution in [2.24, 2.45) is 11.3 Å². The van der Waals surface area contributed by atoms with Gasteiger partial charge in [0.1, 0.15) is 17.5 Å². The number of ketones is 2. The van der Waals surface area contributed by atoms with E-state index in [4.69, 9.17) is 0 Å². The van der Waals surface area contributed by atoms with Crippen molar-refractivity contribution in [3.05, 3.63) is 35.5 Å². The van der Waals surface area contributed by atoms with Gasteiger partial charge in [0.2, 0.25) is 11.7 Å². The van der Waals surface area contributed by atoms with Crippen molar-refractivity contribution in [3.8, 4) is 0 Å². The van der Waals surface area contributed by atoms with Gasteiger partial charge in [-0.15, -0.1) is 0 Å². The van der Waals surface area contributed by atoms with Crippen molar-refractivity contribution in [2.75, 3.05) is 6.54 Å². The first-order valence-corrected chi connectivity index (χ1v) is 14.3. The third-order valence-electron chi connectivity index (χ3n) is 9.24. The summed E-state index contributed by atoms with van der Waals surface area (Å²) in [6, 6.07) is 5.85. The van der Waals surface area contributed by atoms with Crippen LogP contribution >= 0.6 is 0 Å². The first-order valence-electron chi connectivity index (χ1n) is 14.3. The zero-order valence-corrected chi connectivity index (χ0v) is 22.4. The first-order chi connectivity index (χ1) is 18.7. The summed E-state index contributed by atoms with van der Waals surface area (Å²) in [5.41, 5.74) is 2.40. The van der Waals surface area contributed by atoms with Crippen molar-refractivity contribution < 1.29 is 24.0 Å². The van der Waals surface area contributed by atoms with Crippen LogP contribution in [-0.2, 0) is 19.2 Å². The number of nitrogens with zero attached hydrogens (tertiary/aromatic N) is 1. The molecule has 3 N–H and O–H groups in total. The molecule has 3 aliphatic carbocycles. The summed E-state index contributed by atoms with van der Waals surface area (Å²) in [5.74, 6) is -2.37. The lowest BCUT2D eigenvalue weighted by Gasteiger charge is -2.39. The van der Waals surface area contributed by atoms with Crippen molar-refractivity contribution in [2.45, 2.75) is 89.3 Å². The molecule has 4 fully saturated rings. The number of benzene rings is 1. The van der Waals surface area contributed by atoms with Gasteiger partial charge in [0, 0.05) is 35.8 Å². The molecule has 6 rings (SSSR count). The summed E-state index contributed by atoms with van der Waals surface area (Å²) in [7, 11) is 0. The Hall–Kier alpha value is -3.49. The molecule has 0 bridgehead atoms. The van der Waals surface area contributed by atoms with Crippen molar-refractivity contribution >= 4 is 40.2 Å². The third kappa shape index (κ3) is 5.23. The molecule has 3 atom stereocenters. The number of carbonyl (C=O) groups is 5. The van der Waals surface area contributed by atoms with Crippen LogP contribution in [0.3, 0.4) is 0 Å². The number of hydrogen-bond donors (Lipinski definition) is 3. The summed E-state index contributed by atoms with van der Waals surface area (Å²) in [6.45, 7) is 2.44. The number of nitrogens with one attached hydrogen (secondary N) is 3. The summed E-state index contributed by atoms with van der Waals surface area (Å²) in [6.07, 6.45) is 7.08. The number of rotatable bonds is 8. The number of amides is 3. The normalized spacial score (nSPS) is 24.5. The molecule has 3 amide bonds. The fourth-order valence-electron chi connectivity index (χ4n) is 6.38. The Kier molecular flexibility index (Phi) is 6.55. The Morgan fingerprint density at radius 3 is 2.59 bits per heavy atom. The van der Waals surface area contributed by atoms with Gasteiger partial charge >= 0.3 is 0 Å². The number of fused-ring (bicyclic) bond motifs is 1. The average molecular weight is 533 g/mol. The summed E-state index contributed by atoms with van der Waals surface area (Å²) in [5, 5.41) is 6.52. The highest BCUT2D eigenvalue weighted by atomic mass is 16.2. The maximum atomic E-state index is 13.8. The topological polar surface area (TPSA) is 128 Å². The molecule has 1 aliphatic heterocycles. The van der Waals surface area contributed by atoms with Gasteiger partial charge in [-0.2, -0.15) is 0 Å². The minimum atomic E-state index is -1.09. The molecule has 2 aromatic rings. The predicted octanol–water partition coefficient (Wildman–Crippen LogP) is 2.95. The number of likely N-dealkylation sites (tertiary alicyclic amines) is 1. The van der Waals surface area contributed by atoms with Crippen LogP contribution in [0, 0.1) is 18.3 Å². The highest BCUT2D eigenvalue weighted by Crippen LogP contribution is 2.55. The lowest BCUT2D eigenvalue weighted by molar-refractivity contribution is -0.141. The second-order valence-electron chi connectivity index (χ2n) is 12.2. The van der Waals surface area contributed by atoms with E-state index in [1.165, 1.54) is 0 Å². The van der Waals surface area contributed by atoms with E-state index in [9.17, 15) is 24.0 Å². The van der Waals surface area contributed by atoms with Crippen LogP contribution in [0.4, 0.5) is 0 Å². The minimum absolute atomic E-state index is 0.00652. The smallest absolute Gasteiger partial charge is 0.289 e. The van der Waals surface area contributed by atoms with Gasteiger partial charge in [-0.25, -0.2) is 0 Å². The summed E-state index contributed by atoms with van der Waals surface area (Å²) >= 11 is 0. The van der Waals surface area contributed by atoms with Crippen LogP contribution < -0.4 is 10.6 Å². The molecule has 3 unspecified atom stereocenters. The van der Waals surface area contributed by atoms with Crippen molar-refractivity contribution in [3.63, 3.8) is 0 Å². The molecular formula is C30H36N4O5. The Morgan fingerprint density at radius 2 is 1.92 bits per heavy atom. The molecule has 206 valence electrons. The van der Waals surface area contributed by atoms with Gasteiger partial charge in [-0.05, 0) is 87.8 Å². The van der Waals surface area contributed by atoms with Crippen LogP contribution in [0.25, 0.3) is 10.9 Å². The van der Waals surface area contributed by atoms with Crippen molar-refractivity contribution in [1.29, 1.82) is 0 Å². The number of aromatic amines is 1. The number of piperidine rings is 1. The molecule has 9 heteroatoms. The number of H-pyrrole nitrogens is 1. The zero-order chi connectivity index (χ0) is 27.3. The van der Waals surface area contributed by atoms with E-state index in [1.54, 1.807) is 4.90 Å². The van der Waals surface area contributed by atoms with E-state index in [1.807, 2.05) is 31.2 Å². The van der Waals surface area contributed by atoms with Crippen molar-refractivity contribution in [1.82, 2.24) is 20.5 Å². The SMILES string of the molecule is Cc1cccc2[nH]c(C(=O)N3CCC4(CC4)CC3C(=O)NC(CC3CCCC3=O)C(=O)C(=O)NC3CC3)cc12. The van der Waals surface area contributed by atoms with E-state index < -0.39 is 29.7 Å². The number of hydrogen-bond acceptors (Lipinski definition) is 5. The van der Waals surface area contributed by atoms with Gasteiger partial charge in [0.25, 0.3) is 11.8 Å². The molecule has 1 aromatic heterocycles. The molecule has 1 spiro atoms. The molecule has 4 aliphatic rings. The standard InChI is InChI=1S/C30H36N4O5/c1-17-4-2-6-21-20(17)15-23(32-21)29(39)34-13-12-30(10-11-30)16-24(34)27(37)33-22(14-18-5-3-7-25(18)35)26(36)28(38)31-19-8-9-19/h2,4,6,15,18-19,22,24,32H,3,5,7-14,16H2,1H3,(H,31,38)(H,33,37). The maximum absolute atomic E-state index is 13.8. The molecule has 3 saturated carbocycles. The zero-order valence-electron chi connectivity index (χ0n) is 22.4. The largest absolute Gasteiger partial charge is 0.351 e. The van der Waals surface area contributed by atoms with Crippen LogP contribution in [0.1, 0.15) is 80.3 Å². The van der Waals surface area contributed by atoms with Crippen LogP contribution in [-0.4, -0.2) is 63.8 Å². The summed E-state index contributed by atoms with van der Waals surface area (Å²) < 4.78 is 0. The molecule has 9 nitrogen and oxygen atoms in total. The second kappa shape index (κ2) is 9.92. The summed E-state index contributed by atoms with van der Waals surface area (Å²) in [4.78, 5) is 70.7. The lowest BCUT2D eigenvalue weighted by Crippen LogP contribution is -2.58. The average Bonchev–Trinajstić information content (AvgIpc) is 3.80. The molecular weight excluding hydrogens is 496 g/mol.